The molecule has 0 unspecified atom stereocenters. The molecule has 0 aromatic heterocycles. The first-order valence-electron chi connectivity index (χ1n) is 15.7. The highest BCUT2D eigenvalue weighted by Gasteiger charge is 2.24. The fourth-order valence-electron chi connectivity index (χ4n) is 5.02. The molecule has 1 saturated heterocycles. The van der Waals surface area contributed by atoms with Gasteiger partial charge in [-0.2, -0.15) is 0 Å². The van der Waals surface area contributed by atoms with Crippen LogP contribution in [0.2, 0.25) is 0 Å². The van der Waals surface area contributed by atoms with Gasteiger partial charge in [-0.25, -0.2) is 0 Å². The minimum absolute atomic E-state index is 0.119. The molecule has 50 heavy (non-hydrogen) atoms. The number of ether oxygens (including phenoxy) is 6. The molecule has 5 rings (SSSR count). The van der Waals surface area contributed by atoms with Crippen molar-refractivity contribution in [3.05, 3.63) is 129 Å². The Morgan fingerprint density at radius 1 is 0.580 bits per heavy atom. The Kier molecular flexibility index (Phi) is 13.1. The lowest BCUT2D eigenvalue weighted by Gasteiger charge is -2.15. The lowest BCUT2D eigenvalue weighted by atomic mass is 10.0. The van der Waals surface area contributed by atoms with Crippen LogP contribution in [0.4, 0.5) is 0 Å². The van der Waals surface area contributed by atoms with Crippen molar-refractivity contribution in [3.63, 3.8) is 0 Å². The molecule has 0 radical (unpaired) electrons. The van der Waals surface area contributed by atoms with Gasteiger partial charge in [-0.3, -0.25) is 9.59 Å². The van der Waals surface area contributed by atoms with Crippen LogP contribution in [0.25, 0.3) is 12.2 Å². The number of carbonyl (C=O) groups is 2. The monoisotopic (exact) mass is 710 g/mol. The molecule has 0 aliphatic carbocycles. The summed E-state index contributed by atoms with van der Waals surface area (Å²) in [6.45, 7) is 0.656. The summed E-state index contributed by atoms with van der Waals surface area (Å²) < 4.78 is 35.3. The van der Waals surface area contributed by atoms with Crippen LogP contribution >= 0.6 is 23.5 Å². The van der Waals surface area contributed by atoms with Crippen molar-refractivity contribution in [1.29, 1.82) is 0 Å². The number of allylic oxidation sites excluding steroid dienone is 3. The van der Waals surface area contributed by atoms with Gasteiger partial charge >= 0.3 is 0 Å². The number of methoxy groups -OCH3 is 4. The standard InChI is InChI=1S/C40H38O8S2/c1-43-33-21-29(22-34(44-2)38(33)47-25-27-11-7-5-8-12-27)15-17-31(41)37(40-49-19-20-50-40)32(42)18-16-30-23-35(45-3)39(36(24-30)46-4)48-26-28-13-9-6-10-14-28/h5-18,21-24H,19-20,25-26H2,1-4H3/b17-15+,18-16+. The van der Waals surface area contributed by atoms with Gasteiger partial charge in [0.1, 0.15) is 13.2 Å². The van der Waals surface area contributed by atoms with Crippen LogP contribution in [0.15, 0.2) is 107 Å². The third-order valence-electron chi connectivity index (χ3n) is 7.52. The van der Waals surface area contributed by atoms with E-state index in [0.29, 0.717) is 63.1 Å². The molecule has 1 fully saturated rings. The van der Waals surface area contributed by atoms with E-state index >= 15 is 0 Å². The van der Waals surface area contributed by atoms with Gasteiger partial charge in [0.25, 0.3) is 0 Å². The number of ketones is 2. The van der Waals surface area contributed by atoms with Gasteiger partial charge in [0.15, 0.2) is 34.6 Å². The van der Waals surface area contributed by atoms with Crippen LogP contribution in [0.5, 0.6) is 34.5 Å². The van der Waals surface area contributed by atoms with Crippen LogP contribution < -0.4 is 28.4 Å². The quantitative estimate of drug-likeness (QED) is 0.0641. The Balaban J connectivity index is 1.35. The summed E-state index contributed by atoms with van der Waals surface area (Å²) in [5, 5.41) is 0. The maximum Gasteiger partial charge on any atom is 0.203 e. The van der Waals surface area contributed by atoms with E-state index in [1.807, 2.05) is 60.7 Å². The van der Waals surface area contributed by atoms with Gasteiger partial charge in [-0.05, 0) is 58.7 Å². The van der Waals surface area contributed by atoms with Crippen LogP contribution in [0.1, 0.15) is 22.3 Å². The third kappa shape index (κ3) is 9.34. The van der Waals surface area contributed by atoms with E-state index in [-0.39, 0.29) is 5.57 Å². The minimum atomic E-state index is -0.404. The maximum atomic E-state index is 13.7. The number of benzene rings is 4. The Morgan fingerprint density at radius 3 is 1.28 bits per heavy atom. The van der Waals surface area contributed by atoms with Gasteiger partial charge in [0, 0.05) is 11.5 Å². The molecular weight excluding hydrogens is 673 g/mol. The molecule has 4 aromatic carbocycles. The number of hydrogen-bond donors (Lipinski definition) is 0. The van der Waals surface area contributed by atoms with Crippen LogP contribution in [0, 0.1) is 0 Å². The van der Waals surface area contributed by atoms with Crippen molar-refractivity contribution in [2.75, 3.05) is 39.9 Å². The first-order valence-corrected chi connectivity index (χ1v) is 17.7. The molecule has 4 aromatic rings. The fourth-order valence-corrected chi connectivity index (χ4v) is 7.59. The van der Waals surface area contributed by atoms with E-state index in [1.165, 1.54) is 35.7 Å². The summed E-state index contributed by atoms with van der Waals surface area (Å²) in [4.78, 5) is 27.3. The second-order valence-corrected chi connectivity index (χ2v) is 13.3. The molecule has 0 atom stereocenters. The first-order chi connectivity index (χ1) is 24.4. The van der Waals surface area contributed by atoms with E-state index in [0.717, 1.165) is 22.6 Å². The molecule has 1 heterocycles. The largest absolute Gasteiger partial charge is 0.493 e. The second-order valence-electron chi connectivity index (χ2n) is 10.8. The normalized spacial score (nSPS) is 12.6. The number of rotatable bonds is 16. The Morgan fingerprint density at radius 2 is 0.940 bits per heavy atom. The Labute approximate surface area is 301 Å². The average Bonchev–Trinajstić information content (AvgIpc) is 3.69. The molecule has 258 valence electrons. The van der Waals surface area contributed by atoms with Gasteiger partial charge in [-0.15, -0.1) is 23.5 Å². The van der Waals surface area contributed by atoms with Crippen LogP contribution in [-0.4, -0.2) is 51.5 Å². The van der Waals surface area contributed by atoms with E-state index < -0.39 is 11.6 Å². The predicted molar refractivity (Wildman–Crippen MR) is 201 cm³/mol. The first kappa shape index (κ1) is 36.2. The van der Waals surface area contributed by atoms with Gasteiger partial charge in [0.05, 0.1) is 38.2 Å². The van der Waals surface area contributed by atoms with Gasteiger partial charge in [-0.1, -0.05) is 72.8 Å². The molecular formula is C40H38O8S2. The van der Waals surface area contributed by atoms with Gasteiger partial charge in [0.2, 0.25) is 11.5 Å². The highest BCUT2D eigenvalue weighted by atomic mass is 32.2. The van der Waals surface area contributed by atoms with Crippen LogP contribution in [-0.2, 0) is 22.8 Å². The van der Waals surface area contributed by atoms with Crippen LogP contribution in [0.3, 0.4) is 0 Å². The maximum absolute atomic E-state index is 13.7. The Hall–Kier alpha value is -5.06. The van der Waals surface area contributed by atoms with Crippen molar-refractivity contribution < 1.29 is 38.0 Å². The third-order valence-corrected chi connectivity index (χ3v) is 10.2. The smallest absolute Gasteiger partial charge is 0.203 e. The molecule has 1 aliphatic rings. The summed E-state index contributed by atoms with van der Waals surface area (Å²) in [5.74, 6) is 3.54. The van der Waals surface area contributed by atoms with Crippen molar-refractivity contribution in [1.82, 2.24) is 0 Å². The molecule has 0 amide bonds. The molecule has 0 spiro atoms. The number of thioether (sulfide) groups is 2. The number of carbonyl (C=O) groups excluding carboxylic acids is 2. The summed E-state index contributed by atoms with van der Waals surface area (Å²) in [6.07, 6.45) is 6.08. The topological polar surface area (TPSA) is 89.5 Å². The summed E-state index contributed by atoms with van der Waals surface area (Å²) in [6, 6.07) is 26.6. The molecule has 8 nitrogen and oxygen atoms in total. The van der Waals surface area contributed by atoms with E-state index in [1.54, 1.807) is 64.9 Å². The second kappa shape index (κ2) is 18.1. The molecule has 1 aliphatic heterocycles. The minimum Gasteiger partial charge on any atom is -0.493 e. The van der Waals surface area contributed by atoms with Crippen molar-refractivity contribution in [2.24, 2.45) is 0 Å². The van der Waals surface area contributed by atoms with Gasteiger partial charge < -0.3 is 28.4 Å². The SMILES string of the molecule is COc1cc(/C=C/C(=O)C(C(=O)/C=C/c2cc(OC)c(OCc3ccccc3)c(OC)c2)=C2SCCS2)cc(OC)c1OCc1ccccc1. The lowest BCUT2D eigenvalue weighted by molar-refractivity contribution is -0.116. The zero-order valence-electron chi connectivity index (χ0n) is 28.3. The summed E-state index contributed by atoms with van der Waals surface area (Å²) in [5.41, 5.74) is 3.40. The summed E-state index contributed by atoms with van der Waals surface area (Å²) in [7, 11) is 6.17. The highest BCUT2D eigenvalue weighted by Crippen LogP contribution is 2.42. The zero-order valence-corrected chi connectivity index (χ0v) is 29.9. The van der Waals surface area contributed by atoms with Crippen molar-refractivity contribution >= 4 is 47.2 Å². The molecule has 0 N–H and O–H groups in total. The predicted octanol–water partition coefficient (Wildman–Crippen LogP) is 8.44. The number of hydrogen-bond acceptors (Lipinski definition) is 10. The van der Waals surface area contributed by atoms with Crippen molar-refractivity contribution in [2.45, 2.75) is 13.2 Å². The zero-order chi connectivity index (χ0) is 35.3. The highest BCUT2D eigenvalue weighted by molar-refractivity contribution is 8.25. The fraction of sp³-hybridized carbons (Fsp3) is 0.200. The molecule has 0 saturated carbocycles. The molecule has 0 bridgehead atoms. The van der Waals surface area contributed by atoms with E-state index in [9.17, 15) is 9.59 Å². The lowest BCUT2D eigenvalue weighted by Crippen LogP contribution is -2.10. The van der Waals surface area contributed by atoms with E-state index in [2.05, 4.69) is 0 Å². The summed E-state index contributed by atoms with van der Waals surface area (Å²) >= 11 is 3.01. The average molecular weight is 711 g/mol. The molecule has 10 heteroatoms. The Bertz CT molecular complexity index is 1700. The van der Waals surface area contributed by atoms with Crippen molar-refractivity contribution in [3.8, 4) is 34.5 Å². The van der Waals surface area contributed by atoms with E-state index in [4.69, 9.17) is 28.4 Å².